The van der Waals surface area contributed by atoms with Crippen LogP contribution in [-0.4, -0.2) is 30.5 Å². The van der Waals surface area contributed by atoms with E-state index in [1.165, 1.54) is 6.20 Å². The Morgan fingerprint density at radius 3 is 2.68 bits per heavy atom. The van der Waals surface area contributed by atoms with Gasteiger partial charge in [-0.05, 0) is 30.5 Å². The first-order valence-corrected chi connectivity index (χ1v) is 8.45. The first kappa shape index (κ1) is 18.0. The summed E-state index contributed by atoms with van der Waals surface area (Å²) in [5, 5.41) is 10.1. The Labute approximate surface area is 157 Å². The van der Waals surface area contributed by atoms with Crippen LogP contribution < -0.4 is 11.1 Å². The number of carbonyl (C=O) groups is 1. The summed E-state index contributed by atoms with van der Waals surface area (Å²) in [6.07, 6.45) is 1.48. The number of nitrogens with zero attached hydrogens (tertiary/aromatic N) is 5. The summed E-state index contributed by atoms with van der Waals surface area (Å²) in [6, 6.07) is 3.08. The van der Waals surface area contributed by atoms with E-state index >= 15 is 0 Å². The molecular formula is C17H16F3N7O. The summed E-state index contributed by atoms with van der Waals surface area (Å²) in [7, 11) is 1.77. The molecule has 1 saturated carbocycles. The maximum atomic E-state index is 13.2. The molecule has 3 aromatic heterocycles. The third kappa shape index (κ3) is 3.30. The first-order chi connectivity index (χ1) is 13.2. The smallest absolute Gasteiger partial charge is 0.395 e. The van der Waals surface area contributed by atoms with Gasteiger partial charge in [-0.2, -0.15) is 23.4 Å². The van der Waals surface area contributed by atoms with E-state index in [0.29, 0.717) is 12.8 Å². The standard InChI is InChI=1S/C17H16F3N7O/c1-26-8-10(7-23-26)9-4-5-22-12(6-9)24-16(28)14-13(21)15(17(18,19)20)25-27(14)11-2-3-11/h4-8,11H,2-3,21H2,1H3,(H,22,24,28). The number of nitrogens with one attached hydrogen (secondary N) is 1. The van der Waals surface area contributed by atoms with Crippen molar-refractivity contribution in [3.63, 3.8) is 0 Å². The summed E-state index contributed by atoms with van der Waals surface area (Å²) >= 11 is 0. The Balaban J connectivity index is 1.65. The number of hydrogen-bond acceptors (Lipinski definition) is 5. The Hall–Kier alpha value is -3.37. The Bertz CT molecular complexity index is 1050. The lowest BCUT2D eigenvalue weighted by molar-refractivity contribution is -0.140. The number of hydrogen-bond donors (Lipinski definition) is 2. The molecule has 0 unspecified atom stereocenters. The molecule has 28 heavy (non-hydrogen) atoms. The van der Waals surface area contributed by atoms with Crippen molar-refractivity contribution < 1.29 is 18.0 Å². The molecule has 1 aliphatic carbocycles. The maximum absolute atomic E-state index is 13.2. The normalized spacial score (nSPS) is 14.3. The first-order valence-electron chi connectivity index (χ1n) is 8.45. The van der Waals surface area contributed by atoms with Gasteiger partial charge in [0.1, 0.15) is 5.82 Å². The second kappa shape index (κ2) is 6.36. The van der Waals surface area contributed by atoms with E-state index in [2.05, 4.69) is 20.5 Å². The average molecular weight is 391 g/mol. The molecule has 4 rings (SSSR count). The number of anilines is 2. The van der Waals surface area contributed by atoms with Crippen LogP contribution >= 0.6 is 0 Å². The molecule has 1 fully saturated rings. The van der Waals surface area contributed by atoms with Gasteiger partial charge in [0, 0.05) is 25.0 Å². The second-order valence-corrected chi connectivity index (χ2v) is 6.57. The zero-order valence-corrected chi connectivity index (χ0v) is 14.7. The van der Waals surface area contributed by atoms with Crippen molar-refractivity contribution in [1.29, 1.82) is 0 Å². The van der Waals surface area contributed by atoms with E-state index in [0.717, 1.165) is 15.8 Å². The molecule has 0 spiro atoms. The zero-order chi connectivity index (χ0) is 20.1. The molecule has 0 radical (unpaired) electrons. The minimum atomic E-state index is -4.74. The summed E-state index contributed by atoms with van der Waals surface area (Å²) in [5.74, 6) is -0.605. The maximum Gasteiger partial charge on any atom is 0.437 e. The van der Waals surface area contributed by atoms with Gasteiger partial charge in [0.25, 0.3) is 5.91 Å². The van der Waals surface area contributed by atoms with E-state index in [4.69, 9.17) is 5.73 Å². The Morgan fingerprint density at radius 1 is 1.32 bits per heavy atom. The number of nitrogen functional groups attached to an aromatic ring is 1. The van der Waals surface area contributed by atoms with Crippen LogP contribution in [0.15, 0.2) is 30.7 Å². The third-order valence-corrected chi connectivity index (χ3v) is 4.36. The molecule has 1 aliphatic rings. The van der Waals surface area contributed by atoms with Crippen LogP contribution in [0.5, 0.6) is 0 Å². The van der Waals surface area contributed by atoms with Gasteiger partial charge >= 0.3 is 6.18 Å². The molecule has 3 N–H and O–H groups in total. The average Bonchev–Trinajstić information content (AvgIpc) is 3.27. The highest BCUT2D eigenvalue weighted by Gasteiger charge is 2.42. The molecule has 0 aromatic carbocycles. The van der Waals surface area contributed by atoms with Crippen LogP contribution in [-0.2, 0) is 13.2 Å². The van der Waals surface area contributed by atoms with Gasteiger partial charge in [-0.1, -0.05) is 0 Å². The third-order valence-electron chi connectivity index (χ3n) is 4.36. The SMILES string of the molecule is Cn1cc(-c2ccnc(NC(=O)c3c(N)c(C(F)(F)F)nn3C3CC3)c2)cn1. The molecule has 3 heterocycles. The van der Waals surface area contributed by atoms with Crippen LogP contribution in [0.1, 0.15) is 35.1 Å². The quantitative estimate of drug-likeness (QED) is 0.712. The van der Waals surface area contributed by atoms with E-state index in [-0.39, 0.29) is 17.6 Å². The fourth-order valence-corrected chi connectivity index (χ4v) is 2.89. The number of halogens is 3. The topological polar surface area (TPSA) is 104 Å². The number of amides is 1. The molecule has 0 bridgehead atoms. The van der Waals surface area contributed by atoms with Gasteiger partial charge in [-0.15, -0.1) is 0 Å². The van der Waals surface area contributed by atoms with Crippen LogP contribution in [0, 0.1) is 0 Å². The molecule has 8 nitrogen and oxygen atoms in total. The van der Waals surface area contributed by atoms with Crippen LogP contribution in [0.2, 0.25) is 0 Å². The van der Waals surface area contributed by atoms with Gasteiger partial charge in [-0.25, -0.2) is 4.98 Å². The molecule has 1 amide bonds. The number of aryl methyl sites for hydroxylation is 1. The molecule has 3 aromatic rings. The van der Waals surface area contributed by atoms with E-state index in [1.807, 2.05) is 0 Å². The molecule has 0 aliphatic heterocycles. The lowest BCUT2D eigenvalue weighted by Gasteiger charge is -2.08. The molecule has 11 heteroatoms. The van der Waals surface area contributed by atoms with Crippen LogP contribution in [0.25, 0.3) is 11.1 Å². The lowest BCUT2D eigenvalue weighted by atomic mass is 10.1. The molecular weight excluding hydrogens is 375 g/mol. The molecule has 146 valence electrons. The number of carbonyl (C=O) groups excluding carboxylic acids is 1. The van der Waals surface area contributed by atoms with Crippen molar-refractivity contribution in [2.45, 2.75) is 25.1 Å². The van der Waals surface area contributed by atoms with E-state index in [1.54, 1.807) is 36.3 Å². The summed E-state index contributed by atoms with van der Waals surface area (Å²) < 4.78 is 42.1. The highest BCUT2D eigenvalue weighted by Crippen LogP contribution is 2.41. The highest BCUT2D eigenvalue weighted by atomic mass is 19.4. The summed E-state index contributed by atoms with van der Waals surface area (Å²) in [6.45, 7) is 0. The number of pyridine rings is 1. The number of aromatic nitrogens is 5. The fourth-order valence-electron chi connectivity index (χ4n) is 2.89. The fraction of sp³-hybridized carbons (Fsp3) is 0.294. The number of rotatable bonds is 4. The molecule has 0 saturated heterocycles. The zero-order valence-electron chi connectivity index (χ0n) is 14.7. The van der Waals surface area contributed by atoms with Crippen molar-refractivity contribution in [2.75, 3.05) is 11.1 Å². The summed E-state index contributed by atoms with van der Waals surface area (Å²) in [5.41, 5.74) is 4.96. The second-order valence-electron chi connectivity index (χ2n) is 6.57. The van der Waals surface area contributed by atoms with E-state index < -0.39 is 23.5 Å². The largest absolute Gasteiger partial charge is 0.437 e. The van der Waals surface area contributed by atoms with Crippen LogP contribution in [0.3, 0.4) is 0 Å². The molecule has 0 atom stereocenters. The minimum Gasteiger partial charge on any atom is -0.395 e. The minimum absolute atomic E-state index is 0.183. The van der Waals surface area contributed by atoms with Crippen molar-refractivity contribution >= 4 is 17.4 Å². The van der Waals surface area contributed by atoms with Crippen molar-refractivity contribution in [2.24, 2.45) is 7.05 Å². The van der Waals surface area contributed by atoms with Gasteiger partial charge < -0.3 is 11.1 Å². The highest BCUT2D eigenvalue weighted by molar-refractivity contribution is 6.06. The predicted molar refractivity (Wildman–Crippen MR) is 94.3 cm³/mol. The van der Waals surface area contributed by atoms with Gasteiger partial charge in [0.15, 0.2) is 11.4 Å². The monoisotopic (exact) mass is 391 g/mol. The van der Waals surface area contributed by atoms with Gasteiger partial charge in [0.2, 0.25) is 0 Å². The predicted octanol–water partition coefficient (Wildman–Crippen LogP) is 2.87. The van der Waals surface area contributed by atoms with Gasteiger partial charge in [-0.3, -0.25) is 14.2 Å². The summed E-state index contributed by atoms with van der Waals surface area (Å²) in [4.78, 5) is 16.8. The van der Waals surface area contributed by atoms with Crippen LogP contribution in [0.4, 0.5) is 24.7 Å². The Kier molecular flexibility index (Phi) is 4.09. The van der Waals surface area contributed by atoms with Crippen molar-refractivity contribution in [3.05, 3.63) is 42.1 Å². The van der Waals surface area contributed by atoms with Crippen molar-refractivity contribution in [3.8, 4) is 11.1 Å². The number of nitrogens with two attached hydrogens (primary N) is 1. The van der Waals surface area contributed by atoms with E-state index in [9.17, 15) is 18.0 Å². The van der Waals surface area contributed by atoms with Crippen molar-refractivity contribution in [1.82, 2.24) is 24.5 Å². The number of alkyl halides is 3. The van der Waals surface area contributed by atoms with Gasteiger partial charge in [0.05, 0.1) is 17.9 Å². The lowest BCUT2D eigenvalue weighted by Crippen LogP contribution is -2.19. The Morgan fingerprint density at radius 2 is 2.07 bits per heavy atom.